The molecule has 0 heterocycles. The predicted octanol–water partition coefficient (Wildman–Crippen LogP) is -2.56. The molecule has 3 amide bonds. The van der Waals surface area contributed by atoms with E-state index < -0.39 is 29.8 Å². The smallest absolute Gasteiger partial charge is 0.242 e. The molecule has 7 heteroatoms. The van der Waals surface area contributed by atoms with Gasteiger partial charge in [-0.05, 0) is 6.92 Å². The van der Waals surface area contributed by atoms with Crippen molar-refractivity contribution in [1.29, 1.82) is 0 Å². The van der Waals surface area contributed by atoms with Crippen molar-refractivity contribution < 1.29 is 14.4 Å². The van der Waals surface area contributed by atoms with E-state index in [0.29, 0.717) is 0 Å². The van der Waals surface area contributed by atoms with Crippen LogP contribution in [0.5, 0.6) is 0 Å². The summed E-state index contributed by atoms with van der Waals surface area (Å²) in [5, 5.41) is 4.63. The minimum Gasteiger partial charge on any atom is -0.370 e. The summed E-state index contributed by atoms with van der Waals surface area (Å²) in [4.78, 5) is 33.1. The first-order chi connectivity index (χ1) is 6.88. The van der Waals surface area contributed by atoms with Crippen LogP contribution >= 0.6 is 0 Å². The number of nitrogens with two attached hydrogens (primary N) is 2. The van der Waals surface area contributed by atoms with E-state index >= 15 is 0 Å². The van der Waals surface area contributed by atoms with E-state index in [-0.39, 0.29) is 6.42 Å². The number of carbonyl (C=O) groups excluding carboxylic acids is 3. The SMILES string of the molecule is CNC(=O)C(CC(N)=O)NC(=O)C(C)N. The molecule has 0 aromatic carbocycles. The molecule has 0 aromatic heterocycles. The van der Waals surface area contributed by atoms with Crippen molar-refractivity contribution in [2.24, 2.45) is 11.5 Å². The fraction of sp³-hybridized carbons (Fsp3) is 0.625. The number of nitrogens with one attached hydrogen (secondary N) is 2. The highest BCUT2D eigenvalue weighted by Crippen LogP contribution is 1.92. The fourth-order valence-electron chi connectivity index (χ4n) is 0.888. The van der Waals surface area contributed by atoms with Gasteiger partial charge in [-0.1, -0.05) is 0 Å². The van der Waals surface area contributed by atoms with Gasteiger partial charge in [-0.2, -0.15) is 0 Å². The molecule has 0 aliphatic heterocycles. The third kappa shape index (κ3) is 4.96. The normalized spacial score (nSPS) is 13.8. The van der Waals surface area contributed by atoms with E-state index in [2.05, 4.69) is 10.6 Å². The van der Waals surface area contributed by atoms with Crippen LogP contribution in [0.15, 0.2) is 0 Å². The Kier molecular flexibility index (Phi) is 5.32. The van der Waals surface area contributed by atoms with Gasteiger partial charge in [0, 0.05) is 7.05 Å². The number of amides is 3. The molecule has 0 aliphatic rings. The topological polar surface area (TPSA) is 127 Å². The van der Waals surface area contributed by atoms with Crippen LogP contribution in [0.1, 0.15) is 13.3 Å². The lowest BCUT2D eigenvalue weighted by Crippen LogP contribution is -2.51. The first kappa shape index (κ1) is 13.4. The number of rotatable bonds is 5. The summed E-state index contributed by atoms with van der Waals surface area (Å²) < 4.78 is 0. The van der Waals surface area contributed by atoms with Crippen molar-refractivity contribution >= 4 is 17.7 Å². The van der Waals surface area contributed by atoms with Crippen molar-refractivity contribution in [3.05, 3.63) is 0 Å². The lowest BCUT2D eigenvalue weighted by Gasteiger charge is -2.16. The molecular formula is C8H16N4O3. The second-order valence-corrected chi connectivity index (χ2v) is 3.13. The Bertz CT molecular complexity index is 265. The van der Waals surface area contributed by atoms with E-state index in [9.17, 15) is 14.4 Å². The summed E-state index contributed by atoms with van der Waals surface area (Å²) in [6.45, 7) is 1.47. The molecule has 86 valence electrons. The van der Waals surface area contributed by atoms with Gasteiger partial charge in [0.15, 0.2) is 0 Å². The van der Waals surface area contributed by atoms with Gasteiger partial charge >= 0.3 is 0 Å². The van der Waals surface area contributed by atoms with Gasteiger partial charge in [0.05, 0.1) is 12.5 Å². The van der Waals surface area contributed by atoms with Crippen LogP contribution < -0.4 is 22.1 Å². The van der Waals surface area contributed by atoms with Crippen molar-refractivity contribution in [1.82, 2.24) is 10.6 Å². The summed E-state index contributed by atoms with van der Waals surface area (Å²) in [5.41, 5.74) is 10.2. The highest BCUT2D eigenvalue weighted by molar-refractivity contribution is 5.92. The third-order valence-corrected chi connectivity index (χ3v) is 1.70. The monoisotopic (exact) mass is 216 g/mol. The van der Waals surface area contributed by atoms with Crippen molar-refractivity contribution in [3.8, 4) is 0 Å². The minimum atomic E-state index is -0.967. The van der Waals surface area contributed by atoms with Crippen molar-refractivity contribution in [3.63, 3.8) is 0 Å². The van der Waals surface area contributed by atoms with E-state index in [0.717, 1.165) is 0 Å². The molecule has 15 heavy (non-hydrogen) atoms. The summed E-state index contributed by atoms with van der Waals surface area (Å²) in [6, 6.07) is -1.71. The first-order valence-electron chi connectivity index (χ1n) is 4.44. The molecule has 2 unspecified atom stereocenters. The Hall–Kier alpha value is -1.63. The molecule has 0 aromatic rings. The van der Waals surface area contributed by atoms with E-state index in [1.165, 1.54) is 14.0 Å². The Morgan fingerprint density at radius 3 is 2.13 bits per heavy atom. The van der Waals surface area contributed by atoms with Gasteiger partial charge in [-0.25, -0.2) is 0 Å². The maximum absolute atomic E-state index is 11.2. The van der Waals surface area contributed by atoms with Crippen LogP contribution in [-0.2, 0) is 14.4 Å². The number of hydrogen-bond donors (Lipinski definition) is 4. The second kappa shape index (κ2) is 5.97. The van der Waals surface area contributed by atoms with Crippen molar-refractivity contribution in [2.45, 2.75) is 25.4 Å². The lowest BCUT2D eigenvalue weighted by atomic mass is 10.1. The first-order valence-corrected chi connectivity index (χ1v) is 4.44. The molecule has 0 saturated carbocycles. The molecule has 0 fully saturated rings. The number of hydrogen-bond acceptors (Lipinski definition) is 4. The molecule has 0 bridgehead atoms. The number of primary amides is 1. The number of carbonyl (C=O) groups is 3. The van der Waals surface area contributed by atoms with E-state index in [4.69, 9.17) is 11.5 Å². The lowest BCUT2D eigenvalue weighted by molar-refractivity contribution is -0.131. The average Bonchev–Trinajstić information content (AvgIpc) is 2.14. The standard InChI is InChI=1S/C8H16N4O3/c1-4(9)7(14)12-5(3-6(10)13)8(15)11-2/h4-5H,3,9H2,1-2H3,(H2,10,13)(H,11,15)(H,12,14). The molecule has 7 nitrogen and oxygen atoms in total. The van der Waals surface area contributed by atoms with Crippen LogP contribution in [-0.4, -0.2) is 36.9 Å². The van der Waals surface area contributed by atoms with Gasteiger partial charge in [0.1, 0.15) is 6.04 Å². The molecule has 0 radical (unpaired) electrons. The largest absolute Gasteiger partial charge is 0.370 e. The maximum atomic E-state index is 11.2. The van der Waals surface area contributed by atoms with Gasteiger partial charge in [-0.15, -0.1) is 0 Å². The highest BCUT2D eigenvalue weighted by Gasteiger charge is 2.22. The Morgan fingerprint density at radius 1 is 1.27 bits per heavy atom. The molecule has 2 atom stereocenters. The Morgan fingerprint density at radius 2 is 1.80 bits per heavy atom. The minimum absolute atomic E-state index is 0.252. The molecule has 6 N–H and O–H groups in total. The van der Waals surface area contributed by atoms with Gasteiger partial charge in [-0.3, -0.25) is 14.4 Å². The van der Waals surface area contributed by atoms with E-state index in [1.54, 1.807) is 0 Å². The zero-order valence-corrected chi connectivity index (χ0v) is 8.74. The summed E-state index contributed by atoms with van der Waals surface area (Å²) >= 11 is 0. The third-order valence-electron chi connectivity index (χ3n) is 1.70. The quantitative estimate of drug-likeness (QED) is 0.403. The number of likely N-dealkylation sites (N-methyl/N-ethyl adjacent to an activating group) is 1. The van der Waals surface area contributed by atoms with Crippen LogP contribution in [0.2, 0.25) is 0 Å². The maximum Gasteiger partial charge on any atom is 0.242 e. The predicted molar refractivity (Wildman–Crippen MR) is 53.5 cm³/mol. The molecule has 0 saturated heterocycles. The van der Waals surface area contributed by atoms with Crippen LogP contribution in [0.4, 0.5) is 0 Å². The Balaban J connectivity index is 4.44. The van der Waals surface area contributed by atoms with E-state index in [1.807, 2.05) is 0 Å². The van der Waals surface area contributed by atoms with Gasteiger partial charge in [0.2, 0.25) is 17.7 Å². The zero-order valence-electron chi connectivity index (χ0n) is 8.74. The fourth-order valence-corrected chi connectivity index (χ4v) is 0.888. The average molecular weight is 216 g/mol. The van der Waals surface area contributed by atoms with Crippen LogP contribution in [0, 0.1) is 0 Å². The molecular weight excluding hydrogens is 200 g/mol. The van der Waals surface area contributed by atoms with Gasteiger partial charge in [0.25, 0.3) is 0 Å². The summed E-state index contributed by atoms with van der Waals surface area (Å²) in [7, 11) is 1.40. The zero-order chi connectivity index (χ0) is 12.0. The van der Waals surface area contributed by atoms with Crippen LogP contribution in [0.25, 0.3) is 0 Å². The molecule has 0 aliphatic carbocycles. The highest BCUT2D eigenvalue weighted by atomic mass is 16.2. The Labute approximate surface area is 87.6 Å². The molecule has 0 rings (SSSR count). The second-order valence-electron chi connectivity index (χ2n) is 3.13. The van der Waals surface area contributed by atoms with Crippen LogP contribution in [0.3, 0.4) is 0 Å². The summed E-state index contributed by atoms with van der Waals surface area (Å²) in [6.07, 6.45) is -0.252. The summed E-state index contributed by atoms with van der Waals surface area (Å²) in [5.74, 6) is -1.67. The van der Waals surface area contributed by atoms with Crippen molar-refractivity contribution in [2.75, 3.05) is 7.05 Å². The molecule has 0 spiro atoms. The van der Waals surface area contributed by atoms with Gasteiger partial charge < -0.3 is 22.1 Å².